The van der Waals surface area contributed by atoms with E-state index in [0.29, 0.717) is 0 Å². The quantitative estimate of drug-likeness (QED) is 0.485. The summed E-state index contributed by atoms with van der Waals surface area (Å²) in [6.07, 6.45) is 3.85. The molecule has 2 rings (SSSR count). The highest BCUT2D eigenvalue weighted by Gasteiger charge is 2.21. The van der Waals surface area contributed by atoms with Crippen molar-refractivity contribution in [1.82, 2.24) is 14.7 Å². The summed E-state index contributed by atoms with van der Waals surface area (Å²) in [5.74, 6) is 0. The molecule has 5 nitrogen and oxygen atoms in total. The maximum absolute atomic E-state index is 12.4. The predicted molar refractivity (Wildman–Crippen MR) is 113 cm³/mol. The van der Waals surface area contributed by atoms with E-state index in [0.717, 1.165) is 61.6 Å². The molecule has 6 heteroatoms. The van der Waals surface area contributed by atoms with E-state index in [1.54, 1.807) is 0 Å². The van der Waals surface area contributed by atoms with Crippen LogP contribution in [0.4, 0.5) is 10.5 Å². The van der Waals surface area contributed by atoms with E-state index >= 15 is 0 Å². The van der Waals surface area contributed by atoms with Crippen LogP contribution in [-0.4, -0.2) is 73.1 Å². The summed E-state index contributed by atoms with van der Waals surface area (Å²) in [7, 11) is 0. The van der Waals surface area contributed by atoms with Crippen molar-refractivity contribution in [2.75, 3.05) is 57.7 Å². The molecule has 136 valence electrons. The zero-order valence-corrected chi connectivity index (χ0v) is 16.8. The first-order valence-corrected chi connectivity index (χ1v) is 9.68. The standard InChI is InChI=1S/C19H27IN4O/c1-3-8-22(9-4-2)10-11-23-12-14-24(15-13-23)19(25)21-18-7-5-6-17(20)16-18/h3-7,16H,1-2,8-15H2,(H,21,25). The molecule has 1 heterocycles. The van der Waals surface area contributed by atoms with Gasteiger partial charge in [0.05, 0.1) is 0 Å². The van der Waals surface area contributed by atoms with Gasteiger partial charge >= 0.3 is 6.03 Å². The Morgan fingerprint density at radius 1 is 1.20 bits per heavy atom. The second kappa shape index (κ2) is 10.6. The molecule has 0 unspecified atom stereocenters. The van der Waals surface area contributed by atoms with Gasteiger partial charge < -0.3 is 10.2 Å². The van der Waals surface area contributed by atoms with E-state index in [-0.39, 0.29) is 6.03 Å². The number of carbonyl (C=O) groups excluding carboxylic acids is 1. The third-order valence-corrected chi connectivity index (χ3v) is 4.91. The molecule has 0 spiro atoms. The van der Waals surface area contributed by atoms with Crippen LogP contribution in [0.3, 0.4) is 0 Å². The predicted octanol–water partition coefficient (Wildman–Crippen LogP) is 3.11. The van der Waals surface area contributed by atoms with Crippen LogP contribution in [-0.2, 0) is 0 Å². The lowest BCUT2D eigenvalue weighted by molar-refractivity contribution is 0.137. The fourth-order valence-corrected chi connectivity index (χ4v) is 3.39. The molecule has 25 heavy (non-hydrogen) atoms. The number of carbonyl (C=O) groups is 1. The van der Waals surface area contributed by atoms with Gasteiger partial charge in [0, 0.05) is 61.6 Å². The minimum Gasteiger partial charge on any atom is -0.322 e. The van der Waals surface area contributed by atoms with E-state index in [9.17, 15) is 4.79 Å². The van der Waals surface area contributed by atoms with Gasteiger partial charge in [-0.25, -0.2) is 4.79 Å². The van der Waals surface area contributed by atoms with Gasteiger partial charge in [-0.15, -0.1) is 13.2 Å². The summed E-state index contributed by atoms with van der Waals surface area (Å²) in [5, 5.41) is 2.98. The lowest BCUT2D eigenvalue weighted by Gasteiger charge is -2.35. The van der Waals surface area contributed by atoms with E-state index in [1.807, 2.05) is 41.3 Å². The Bertz CT molecular complexity index is 575. The molecule has 0 aromatic heterocycles. The van der Waals surface area contributed by atoms with Gasteiger partial charge in [0.1, 0.15) is 0 Å². The second-order valence-corrected chi connectivity index (χ2v) is 7.35. The fourth-order valence-electron chi connectivity index (χ4n) is 2.85. The highest BCUT2D eigenvalue weighted by atomic mass is 127. The molecule has 0 aliphatic carbocycles. The lowest BCUT2D eigenvalue weighted by atomic mass is 10.3. The zero-order chi connectivity index (χ0) is 18.1. The third-order valence-electron chi connectivity index (χ3n) is 4.24. The van der Waals surface area contributed by atoms with Gasteiger partial charge in [0.15, 0.2) is 0 Å². The summed E-state index contributed by atoms with van der Waals surface area (Å²) in [6.45, 7) is 14.7. The van der Waals surface area contributed by atoms with E-state index in [1.165, 1.54) is 0 Å². The zero-order valence-electron chi connectivity index (χ0n) is 14.7. The van der Waals surface area contributed by atoms with Crippen molar-refractivity contribution >= 4 is 34.3 Å². The van der Waals surface area contributed by atoms with Crippen LogP contribution in [0.15, 0.2) is 49.6 Å². The van der Waals surface area contributed by atoms with Crippen LogP contribution in [0.5, 0.6) is 0 Å². The molecule has 1 N–H and O–H groups in total. The number of nitrogens with one attached hydrogen (secondary N) is 1. The number of amides is 2. The monoisotopic (exact) mass is 454 g/mol. The van der Waals surface area contributed by atoms with Gasteiger partial charge in [-0.1, -0.05) is 18.2 Å². The number of piperazine rings is 1. The highest BCUT2D eigenvalue weighted by molar-refractivity contribution is 14.1. The summed E-state index contributed by atoms with van der Waals surface area (Å²) >= 11 is 2.25. The normalized spacial score (nSPS) is 15.2. The molecular formula is C19H27IN4O. The average Bonchev–Trinajstić information content (AvgIpc) is 2.60. The van der Waals surface area contributed by atoms with Crippen molar-refractivity contribution < 1.29 is 4.79 Å². The van der Waals surface area contributed by atoms with Crippen LogP contribution in [0.2, 0.25) is 0 Å². The Kier molecular flexibility index (Phi) is 8.43. The summed E-state index contributed by atoms with van der Waals surface area (Å²) in [6, 6.07) is 7.85. The Balaban J connectivity index is 1.74. The molecule has 1 aromatic rings. The van der Waals surface area contributed by atoms with Crippen molar-refractivity contribution in [3.8, 4) is 0 Å². The topological polar surface area (TPSA) is 38.8 Å². The molecule has 1 aliphatic rings. The number of halogens is 1. The molecule has 1 aromatic carbocycles. The SMILES string of the molecule is C=CCN(CC=C)CCN1CCN(C(=O)Nc2cccc(I)c2)CC1. The largest absolute Gasteiger partial charge is 0.322 e. The highest BCUT2D eigenvalue weighted by Crippen LogP contribution is 2.13. The molecule has 0 atom stereocenters. The minimum atomic E-state index is -0.0124. The van der Waals surface area contributed by atoms with Crippen LogP contribution in [0.1, 0.15) is 0 Å². The number of urea groups is 1. The number of nitrogens with zero attached hydrogens (tertiary/aromatic N) is 3. The van der Waals surface area contributed by atoms with Crippen molar-refractivity contribution in [2.24, 2.45) is 0 Å². The lowest BCUT2D eigenvalue weighted by Crippen LogP contribution is -2.51. The third kappa shape index (κ3) is 6.80. The Labute approximate surface area is 164 Å². The van der Waals surface area contributed by atoms with Gasteiger partial charge in [-0.3, -0.25) is 9.80 Å². The first kappa shape index (κ1) is 19.9. The van der Waals surface area contributed by atoms with Crippen molar-refractivity contribution in [1.29, 1.82) is 0 Å². The molecule has 1 fully saturated rings. The summed E-state index contributed by atoms with van der Waals surface area (Å²) < 4.78 is 1.11. The molecule has 2 amide bonds. The molecule has 1 saturated heterocycles. The van der Waals surface area contributed by atoms with Crippen molar-refractivity contribution in [3.05, 3.63) is 53.1 Å². The van der Waals surface area contributed by atoms with E-state index in [4.69, 9.17) is 0 Å². The molecule has 0 radical (unpaired) electrons. The number of anilines is 1. The summed E-state index contributed by atoms with van der Waals surface area (Å²) in [5.41, 5.74) is 0.851. The molecular weight excluding hydrogens is 427 g/mol. The molecule has 1 aliphatic heterocycles. The van der Waals surface area contributed by atoms with Crippen molar-refractivity contribution in [2.45, 2.75) is 0 Å². The maximum Gasteiger partial charge on any atom is 0.321 e. The summed E-state index contributed by atoms with van der Waals surface area (Å²) in [4.78, 5) is 19.0. The van der Waals surface area contributed by atoms with Gasteiger partial charge in [0.2, 0.25) is 0 Å². The first-order valence-electron chi connectivity index (χ1n) is 8.60. The van der Waals surface area contributed by atoms with Crippen LogP contribution >= 0.6 is 22.6 Å². The second-order valence-electron chi connectivity index (χ2n) is 6.11. The smallest absolute Gasteiger partial charge is 0.321 e. The van der Waals surface area contributed by atoms with Crippen LogP contribution < -0.4 is 5.32 Å². The van der Waals surface area contributed by atoms with Crippen LogP contribution in [0, 0.1) is 3.57 Å². The van der Waals surface area contributed by atoms with Crippen molar-refractivity contribution in [3.63, 3.8) is 0 Å². The molecule has 0 bridgehead atoms. The number of benzene rings is 1. The van der Waals surface area contributed by atoms with E-state index in [2.05, 4.69) is 50.9 Å². The molecule has 0 saturated carbocycles. The number of rotatable bonds is 8. The number of hydrogen-bond donors (Lipinski definition) is 1. The van der Waals surface area contributed by atoms with Crippen LogP contribution in [0.25, 0.3) is 0 Å². The Hall–Kier alpha value is -1.38. The maximum atomic E-state index is 12.4. The first-order chi connectivity index (χ1) is 12.1. The van der Waals surface area contributed by atoms with E-state index < -0.39 is 0 Å². The number of hydrogen-bond acceptors (Lipinski definition) is 3. The fraction of sp³-hybridized carbons (Fsp3) is 0.421. The van der Waals surface area contributed by atoms with Gasteiger partial charge in [0.25, 0.3) is 0 Å². The van der Waals surface area contributed by atoms with Gasteiger partial charge in [-0.2, -0.15) is 0 Å². The minimum absolute atomic E-state index is 0.0124. The average molecular weight is 454 g/mol. The Morgan fingerprint density at radius 2 is 1.88 bits per heavy atom. The Morgan fingerprint density at radius 3 is 2.48 bits per heavy atom. The van der Waals surface area contributed by atoms with Gasteiger partial charge in [-0.05, 0) is 40.8 Å².